The average Bonchev–Trinajstić information content (AvgIpc) is 2.49. The lowest BCUT2D eigenvalue weighted by Gasteiger charge is -2.18. The highest BCUT2D eigenvalue weighted by atomic mass is 79.9. The van der Waals surface area contributed by atoms with E-state index >= 15 is 0 Å². The summed E-state index contributed by atoms with van der Waals surface area (Å²) >= 11 is 3.49. The zero-order valence-corrected chi connectivity index (χ0v) is 13.7. The number of methoxy groups -OCH3 is 2. The Morgan fingerprint density at radius 2 is 1.76 bits per heavy atom. The summed E-state index contributed by atoms with van der Waals surface area (Å²) in [5, 5.41) is 0. The molecular formula is C16H17BrFNO2. The van der Waals surface area contributed by atoms with Crippen LogP contribution >= 0.6 is 15.9 Å². The van der Waals surface area contributed by atoms with Crippen molar-refractivity contribution in [3.63, 3.8) is 0 Å². The highest BCUT2D eigenvalue weighted by Gasteiger charge is 2.17. The predicted molar refractivity (Wildman–Crippen MR) is 84.4 cm³/mol. The number of nitrogens with two attached hydrogens (primary N) is 1. The van der Waals surface area contributed by atoms with E-state index in [0.717, 1.165) is 21.2 Å². The molecule has 3 nitrogen and oxygen atoms in total. The summed E-state index contributed by atoms with van der Waals surface area (Å²) in [6.07, 6.45) is 0. The van der Waals surface area contributed by atoms with Crippen molar-refractivity contribution in [3.8, 4) is 11.5 Å². The first kappa shape index (κ1) is 15.8. The minimum absolute atomic E-state index is 0.174. The Hall–Kier alpha value is -1.59. The molecule has 112 valence electrons. The molecule has 0 aliphatic heterocycles. The van der Waals surface area contributed by atoms with Crippen molar-refractivity contribution in [2.75, 3.05) is 14.2 Å². The summed E-state index contributed by atoms with van der Waals surface area (Å²) in [6, 6.07) is 8.01. The van der Waals surface area contributed by atoms with Crippen LogP contribution < -0.4 is 15.2 Å². The Morgan fingerprint density at radius 3 is 2.38 bits per heavy atom. The van der Waals surface area contributed by atoms with Crippen LogP contribution in [0.5, 0.6) is 11.5 Å². The summed E-state index contributed by atoms with van der Waals surface area (Å²) in [4.78, 5) is 0. The molecule has 0 spiro atoms. The van der Waals surface area contributed by atoms with Crippen molar-refractivity contribution in [1.29, 1.82) is 0 Å². The van der Waals surface area contributed by atoms with Gasteiger partial charge in [-0.1, -0.05) is 22.0 Å². The van der Waals surface area contributed by atoms with Gasteiger partial charge in [0.15, 0.2) is 11.6 Å². The number of rotatable bonds is 4. The number of halogens is 2. The third-order valence-corrected chi connectivity index (χ3v) is 4.23. The fourth-order valence-corrected chi connectivity index (χ4v) is 2.50. The fourth-order valence-electron chi connectivity index (χ4n) is 2.14. The van der Waals surface area contributed by atoms with Crippen LogP contribution in [0.2, 0.25) is 0 Å². The van der Waals surface area contributed by atoms with Gasteiger partial charge in [0.05, 0.1) is 20.3 Å². The first-order chi connectivity index (χ1) is 9.97. The number of ether oxygens (including phenoxy) is 2. The normalized spacial score (nSPS) is 12.1. The second-order valence-corrected chi connectivity index (χ2v) is 5.57. The zero-order chi connectivity index (χ0) is 15.6. The maximum atomic E-state index is 13.5. The van der Waals surface area contributed by atoms with Crippen molar-refractivity contribution in [3.05, 3.63) is 57.3 Å². The van der Waals surface area contributed by atoms with Crippen LogP contribution in [0.3, 0.4) is 0 Å². The summed E-state index contributed by atoms with van der Waals surface area (Å²) in [5.74, 6) is 0.463. The number of benzene rings is 2. The van der Waals surface area contributed by atoms with Crippen LogP contribution in [0, 0.1) is 12.7 Å². The molecule has 0 bridgehead atoms. The molecule has 2 aromatic carbocycles. The third-order valence-electron chi connectivity index (χ3n) is 3.38. The Balaban J connectivity index is 2.49. The molecule has 1 unspecified atom stereocenters. The van der Waals surface area contributed by atoms with Crippen LogP contribution in [0.4, 0.5) is 4.39 Å². The summed E-state index contributed by atoms with van der Waals surface area (Å²) in [7, 11) is 3.03. The molecule has 0 saturated heterocycles. The molecule has 2 N–H and O–H groups in total. The Morgan fingerprint density at radius 1 is 1.10 bits per heavy atom. The molecule has 0 radical (unpaired) electrons. The second-order valence-electron chi connectivity index (χ2n) is 4.71. The maximum Gasteiger partial charge on any atom is 0.165 e. The molecule has 0 aliphatic carbocycles. The van der Waals surface area contributed by atoms with Gasteiger partial charge in [-0.15, -0.1) is 0 Å². The number of aryl methyl sites for hydroxylation is 1. The van der Waals surface area contributed by atoms with Crippen molar-refractivity contribution in [1.82, 2.24) is 0 Å². The van der Waals surface area contributed by atoms with Gasteiger partial charge in [0.2, 0.25) is 0 Å². The summed E-state index contributed by atoms with van der Waals surface area (Å²) in [6.45, 7) is 1.98. The van der Waals surface area contributed by atoms with Gasteiger partial charge >= 0.3 is 0 Å². The molecule has 5 heteroatoms. The standard InChI is InChI=1S/C16H17BrFNO2/c1-9-6-14(20-2)11(8-12(9)17)16(19)10-4-5-13(18)15(7-10)21-3/h4-8,16H,19H2,1-3H3. The van der Waals surface area contributed by atoms with Crippen molar-refractivity contribution in [2.24, 2.45) is 5.73 Å². The molecule has 0 amide bonds. The van der Waals surface area contributed by atoms with Gasteiger partial charge in [0.25, 0.3) is 0 Å². The molecular weight excluding hydrogens is 337 g/mol. The van der Waals surface area contributed by atoms with Gasteiger partial charge in [-0.3, -0.25) is 0 Å². The van der Waals surface area contributed by atoms with Crippen LogP contribution in [0.1, 0.15) is 22.7 Å². The lowest BCUT2D eigenvalue weighted by atomic mass is 9.97. The first-order valence-electron chi connectivity index (χ1n) is 6.41. The van der Waals surface area contributed by atoms with Crippen LogP contribution in [-0.4, -0.2) is 14.2 Å². The molecule has 0 aromatic heterocycles. The van der Waals surface area contributed by atoms with E-state index < -0.39 is 11.9 Å². The van der Waals surface area contributed by atoms with Gasteiger partial charge in [0.1, 0.15) is 5.75 Å². The second kappa shape index (κ2) is 6.45. The van der Waals surface area contributed by atoms with E-state index in [1.165, 1.54) is 13.2 Å². The van der Waals surface area contributed by atoms with Gasteiger partial charge in [-0.05, 0) is 42.3 Å². The molecule has 0 fully saturated rings. The largest absolute Gasteiger partial charge is 0.496 e. The number of hydrogen-bond donors (Lipinski definition) is 1. The molecule has 21 heavy (non-hydrogen) atoms. The van der Waals surface area contributed by atoms with E-state index in [4.69, 9.17) is 15.2 Å². The quantitative estimate of drug-likeness (QED) is 0.904. The molecule has 0 aliphatic rings. The van der Waals surface area contributed by atoms with Gasteiger partial charge < -0.3 is 15.2 Å². The molecule has 1 atom stereocenters. The smallest absolute Gasteiger partial charge is 0.165 e. The zero-order valence-electron chi connectivity index (χ0n) is 12.1. The van der Waals surface area contributed by atoms with E-state index in [1.54, 1.807) is 19.2 Å². The summed E-state index contributed by atoms with van der Waals surface area (Å²) in [5.41, 5.74) is 8.94. The molecule has 2 aromatic rings. The van der Waals surface area contributed by atoms with Gasteiger partial charge in [-0.2, -0.15) is 0 Å². The Kier molecular flexibility index (Phi) is 4.85. The van der Waals surface area contributed by atoms with Crippen LogP contribution in [0.15, 0.2) is 34.8 Å². The molecule has 2 rings (SSSR count). The number of hydrogen-bond acceptors (Lipinski definition) is 3. The SMILES string of the molecule is COc1cc(C(N)c2cc(Br)c(C)cc2OC)ccc1F. The van der Waals surface area contributed by atoms with E-state index in [9.17, 15) is 4.39 Å². The lowest BCUT2D eigenvalue weighted by Crippen LogP contribution is -2.13. The van der Waals surface area contributed by atoms with E-state index in [0.29, 0.717) is 5.75 Å². The molecule has 0 heterocycles. The van der Waals surface area contributed by atoms with Crippen molar-refractivity contribution >= 4 is 15.9 Å². The third kappa shape index (κ3) is 3.19. The molecule has 0 saturated carbocycles. The Bertz CT molecular complexity index is 661. The maximum absolute atomic E-state index is 13.5. The lowest BCUT2D eigenvalue weighted by molar-refractivity contribution is 0.385. The monoisotopic (exact) mass is 353 g/mol. The van der Waals surface area contributed by atoms with E-state index in [-0.39, 0.29) is 5.75 Å². The van der Waals surface area contributed by atoms with E-state index in [1.807, 2.05) is 19.1 Å². The predicted octanol–water partition coefficient (Wildman–Crippen LogP) is 3.96. The van der Waals surface area contributed by atoms with Crippen molar-refractivity contribution < 1.29 is 13.9 Å². The highest BCUT2D eigenvalue weighted by Crippen LogP contribution is 2.34. The fraction of sp³-hybridized carbons (Fsp3) is 0.250. The van der Waals surface area contributed by atoms with Gasteiger partial charge in [-0.25, -0.2) is 4.39 Å². The van der Waals surface area contributed by atoms with E-state index in [2.05, 4.69) is 15.9 Å². The first-order valence-corrected chi connectivity index (χ1v) is 7.20. The summed E-state index contributed by atoms with van der Waals surface area (Å²) < 4.78 is 24.8. The highest BCUT2D eigenvalue weighted by molar-refractivity contribution is 9.10. The Labute approximate surface area is 132 Å². The topological polar surface area (TPSA) is 44.5 Å². The van der Waals surface area contributed by atoms with Crippen molar-refractivity contribution in [2.45, 2.75) is 13.0 Å². The minimum atomic E-state index is -0.439. The van der Waals surface area contributed by atoms with Crippen LogP contribution in [-0.2, 0) is 0 Å². The van der Waals surface area contributed by atoms with Gasteiger partial charge in [0, 0.05) is 10.0 Å². The minimum Gasteiger partial charge on any atom is -0.496 e. The average molecular weight is 354 g/mol. The van der Waals surface area contributed by atoms with Crippen LogP contribution in [0.25, 0.3) is 0 Å².